The predicted octanol–water partition coefficient (Wildman–Crippen LogP) is 0.506. The van der Waals surface area contributed by atoms with Gasteiger partial charge in [-0.3, -0.25) is 4.79 Å². The normalized spacial score (nSPS) is 22.4. The van der Waals surface area contributed by atoms with Gasteiger partial charge in [0.05, 0.1) is 0 Å². The van der Waals surface area contributed by atoms with E-state index in [-0.39, 0.29) is 0 Å². The van der Waals surface area contributed by atoms with E-state index in [0.717, 1.165) is 12.8 Å². The summed E-state index contributed by atoms with van der Waals surface area (Å²) >= 11 is 0. The van der Waals surface area contributed by atoms with Crippen molar-refractivity contribution in [3.63, 3.8) is 0 Å². The van der Waals surface area contributed by atoms with Gasteiger partial charge in [0, 0.05) is 5.92 Å². The van der Waals surface area contributed by atoms with Gasteiger partial charge in [-0.2, -0.15) is 0 Å². The fraction of sp³-hybridized carbons (Fsp3) is 0.750. The molecule has 0 heterocycles. The lowest BCUT2D eigenvalue weighted by molar-refractivity contribution is 0.549. The Morgan fingerprint density at radius 2 is 2.20 bits per heavy atom. The zero-order chi connectivity index (χ0) is 3.70. The molecule has 5 heavy (non-hydrogen) atoms. The van der Waals surface area contributed by atoms with Crippen molar-refractivity contribution in [1.29, 1.82) is 0 Å². The van der Waals surface area contributed by atoms with Crippen molar-refractivity contribution in [2.75, 3.05) is 0 Å². The van der Waals surface area contributed by atoms with Crippen LogP contribution < -0.4 is 0 Å². The maximum atomic E-state index is 9.44. The second-order valence-electron chi connectivity index (χ2n) is 1.39. The standard InChI is InChI=1S/C4H5O/c5-3-4-1-2-4/h4H,1-2H2. The van der Waals surface area contributed by atoms with Crippen molar-refractivity contribution in [3.05, 3.63) is 0 Å². The number of rotatable bonds is 1. The van der Waals surface area contributed by atoms with Crippen LogP contribution in [0.4, 0.5) is 0 Å². The van der Waals surface area contributed by atoms with E-state index in [0.29, 0.717) is 5.92 Å². The molecule has 1 heteroatoms. The molecule has 0 aromatic heterocycles. The third kappa shape index (κ3) is 0.469. The Morgan fingerprint density at radius 3 is 2.20 bits per heavy atom. The van der Waals surface area contributed by atoms with E-state index in [9.17, 15) is 4.79 Å². The van der Waals surface area contributed by atoms with Gasteiger partial charge in [0.25, 0.3) is 0 Å². The maximum Gasteiger partial charge on any atom is 0.201 e. The van der Waals surface area contributed by atoms with Gasteiger partial charge >= 0.3 is 0 Å². The van der Waals surface area contributed by atoms with Gasteiger partial charge in [-0.15, -0.1) is 0 Å². The minimum Gasteiger partial charge on any atom is -0.291 e. The topological polar surface area (TPSA) is 17.1 Å². The van der Waals surface area contributed by atoms with Crippen molar-refractivity contribution >= 4 is 6.29 Å². The van der Waals surface area contributed by atoms with E-state index in [4.69, 9.17) is 0 Å². The first-order valence-corrected chi connectivity index (χ1v) is 1.81. The summed E-state index contributed by atoms with van der Waals surface area (Å²) in [4.78, 5) is 9.44. The molecule has 0 saturated heterocycles. The summed E-state index contributed by atoms with van der Waals surface area (Å²) in [6.07, 6.45) is 4.06. The Morgan fingerprint density at radius 1 is 1.60 bits per heavy atom. The fourth-order valence-electron chi connectivity index (χ4n) is 0.201. The number of hydrogen-bond donors (Lipinski definition) is 0. The van der Waals surface area contributed by atoms with Crippen LogP contribution in [0.15, 0.2) is 0 Å². The van der Waals surface area contributed by atoms with Crippen LogP contribution >= 0.6 is 0 Å². The van der Waals surface area contributed by atoms with E-state index in [1.807, 2.05) is 6.29 Å². The zero-order valence-electron chi connectivity index (χ0n) is 2.90. The number of hydrogen-bond acceptors (Lipinski definition) is 1. The van der Waals surface area contributed by atoms with E-state index >= 15 is 0 Å². The van der Waals surface area contributed by atoms with Gasteiger partial charge in [0.2, 0.25) is 6.29 Å². The summed E-state index contributed by atoms with van der Waals surface area (Å²) in [6, 6.07) is 0. The summed E-state index contributed by atoms with van der Waals surface area (Å²) in [5, 5.41) is 0. The molecular weight excluding hydrogens is 64.0 g/mol. The SMILES string of the molecule is O=[C]C1CC1. The van der Waals surface area contributed by atoms with Gasteiger partial charge in [0.1, 0.15) is 0 Å². The lowest BCUT2D eigenvalue weighted by Crippen LogP contribution is -1.66. The summed E-state index contributed by atoms with van der Waals surface area (Å²) in [5.74, 6) is 0.329. The first kappa shape index (κ1) is 2.88. The fourth-order valence-corrected chi connectivity index (χ4v) is 0.201. The molecule has 1 aliphatic carbocycles. The summed E-state index contributed by atoms with van der Waals surface area (Å²) < 4.78 is 0. The van der Waals surface area contributed by atoms with Crippen LogP contribution in [0.2, 0.25) is 0 Å². The third-order valence-corrected chi connectivity index (χ3v) is 0.744. The lowest BCUT2D eigenvalue weighted by atomic mass is 10.5. The van der Waals surface area contributed by atoms with E-state index in [1.54, 1.807) is 0 Å². The summed E-state index contributed by atoms with van der Waals surface area (Å²) in [6.45, 7) is 0. The Labute approximate surface area is 31.0 Å². The van der Waals surface area contributed by atoms with Crippen molar-refractivity contribution in [2.24, 2.45) is 5.92 Å². The molecule has 0 amide bonds. The van der Waals surface area contributed by atoms with Crippen molar-refractivity contribution in [3.8, 4) is 0 Å². The minimum absolute atomic E-state index is 0.329. The molecule has 27 valence electrons. The van der Waals surface area contributed by atoms with Gasteiger partial charge < -0.3 is 0 Å². The molecule has 0 aromatic rings. The van der Waals surface area contributed by atoms with Gasteiger partial charge in [0.15, 0.2) is 0 Å². The molecule has 1 aliphatic rings. The van der Waals surface area contributed by atoms with Crippen LogP contribution in [0, 0.1) is 5.92 Å². The van der Waals surface area contributed by atoms with Crippen LogP contribution in [-0.4, -0.2) is 6.29 Å². The average molecular weight is 69.1 g/mol. The summed E-state index contributed by atoms with van der Waals surface area (Å²) in [5.41, 5.74) is 0. The molecule has 0 aliphatic heterocycles. The molecule has 1 radical (unpaired) electrons. The first-order chi connectivity index (χ1) is 2.43. The first-order valence-electron chi connectivity index (χ1n) is 1.81. The Bertz CT molecular complexity index is 45.6. The van der Waals surface area contributed by atoms with Crippen LogP contribution in [-0.2, 0) is 4.79 Å². The highest BCUT2D eigenvalue weighted by Crippen LogP contribution is 2.25. The van der Waals surface area contributed by atoms with E-state index in [2.05, 4.69) is 0 Å². The molecular formula is C4H5O. The highest BCUT2D eigenvalue weighted by Gasteiger charge is 2.20. The van der Waals surface area contributed by atoms with E-state index in [1.165, 1.54) is 0 Å². The average Bonchev–Trinajstić information content (AvgIpc) is 2.12. The highest BCUT2D eigenvalue weighted by atomic mass is 16.1. The smallest absolute Gasteiger partial charge is 0.201 e. The minimum atomic E-state index is 0.329. The van der Waals surface area contributed by atoms with Crippen LogP contribution in [0.25, 0.3) is 0 Å². The second-order valence-corrected chi connectivity index (χ2v) is 1.39. The lowest BCUT2D eigenvalue weighted by Gasteiger charge is -1.53. The second kappa shape index (κ2) is 0.814. The predicted molar refractivity (Wildman–Crippen MR) is 18.4 cm³/mol. The molecule has 0 atom stereocenters. The molecule has 1 fully saturated rings. The molecule has 1 rings (SSSR count). The van der Waals surface area contributed by atoms with Gasteiger partial charge in [-0.25, -0.2) is 0 Å². The molecule has 0 bridgehead atoms. The van der Waals surface area contributed by atoms with Crippen LogP contribution in [0.3, 0.4) is 0 Å². The van der Waals surface area contributed by atoms with Crippen molar-refractivity contribution < 1.29 is 4.79 Å². The van der Waals surface area contributed by atoms with Gasteiger partial charge in [-0.05, 0) is 12.8 Å². The van der Waals surface area contributed by atoms with E-state index < -0.39 is 0 Å². The zero-order valence-corrected chi connectivity index (χ0v) is 2.90. The maximum absolute atomic E-state index is 9.44. The Balaban J connectivity index is 2.21. The Hall–Kier alpha value is -0.330. The molecule has 0 N–H and O–H groups in total. The number of carbonyl (C=O) groups excluding carboxylic acids is 1. The Kier molecular flexibility index (Phi) is 0.469. The largest absolute Gasteiger partial charge is 0.291 e. The molecule has 0 unspecified atom stereocenters. The molecule has 0 spiro atoms. The third-order valence-electron chi connectivity index (χ3n) is 0.744. The van der Waals surface area contributed by atoms with Gasteiger partial charge in [-0.1, -0.05) is 0 Å². The molecule has 1 saturated carbocycles. The van der Waals surface area contributed by atoms with Crippen LogP contribution in [0.1, 0.15) is 12.8 Å². The monoisotopic (exact) mass is 69.0 g/mol. The van der Waals surface area contributed by atoms with Crippen molar-refractivity contribution in [2.45, 2.75) is 12.8 Å². The molecule has 1 nitrogen and oxygen atoms in total. The quantitative estimate of drug-likeness (QED) is 0.438. The summed E-state index contributed by atoms with van der Waals surface area (Å²) in [7, 11) is 0. The highest BCUT2D eigenvalue weighted by molar-refractivity contribution is 5.57. The molecule has 0 aromatic carbocycles. The van der Waals surface area contributed by atoms with Crippen molar-refractivity contribution in [1.82, 2.24) is 0 Å². The van der Waals surface area contributed by atoms with Crippen LogP contribution in [0.5, 0.6) is 0 Å².